The molecule has 2 aromatic rings. The summed E-state index contributed by atoms with van der Waals surface area (Å²) in [5, 5.41) is 9.02. The van der Waals surface area contributed by atoms with Crippen molar-refractivity contribution in [3.63, 3.8) is 0 Å². The van der Waals surface area contributed by atoms with Gasteiger partial charge in [-0.1, -0.05) is 18.2 Å². The summed E-state index contributed by atoms with van der Waals surface area (Å²) in [6.45, 7) is 0. The molecular formula is C13H11NO4. The van der Waals surface area contributed by atoms with Gasteiger partial charge in [-0.2, -0.15) is 0 Å². The van der Waals surface area contributed by atoms with Crippen LogP contribution in [0.4, 0.5) is 0 Å². The lowest BCUT2D eigenvalue weighted by molar-refractivity contribution is 0.0692. The molecule has 0 spiro atoms. The number of aromatic nitrogens is 1. The maximum absolute atomic E-state index is 11.0. The molecule has 0 saturated heterocycles. The Balaban J connectivity index is 2.39. The van der Waals surface area contributed by atoms with Gasteiger partial charge in [-0.3, -0.25) is 0 Å². The van der Waals surface area contributed by atoms with E-state index in [0.717, 1.165) is 0 Å². The van der Waals surface area contributed by atoms with Gasteiger partial charge in [0.15, 0.2) is 5.75 Å². The third-order valence-corrected chi connectivity index (χ3v) is 2.26. The van der Waals surface area contributed by atoms with Crippen molar-refractivity contribution in [3.05, 3.63) is 48.2 Å². The van der Waals surface area contributed by atoms with Crippen LogP contribution in [0.5, 0.6) is 17.4 Å². The van der Waals surface area contributed by atoms with E-state index in [-0.39, 0.29) is 17.2 Å². The van der Waals surface area contributed by atoms with Crippen LogP contribution in [0.3, 0.4) is 0 Å². The van der Waals surface area contributed by atoms with E-state index in [2.05, 4.69) is 4.98 Å². The first-order valence-electron chi connectivity index (χ1n) is 5.21. The van der Waals surface area contributed by atoms with Crippen molar-refractivity contribution < 1.29 is 19.4 Å². The number of aromatic carboxylic acids is 1. The molecule has 0 aliphatic rings. The number of hydrogen-bond donors (Lipinski definition) is 1. The molecule has 1 heterocycles. The average molecular weight is 245 g/mol. The summed E-state index contributed by atoms with van der Waals surface area (Å²) in [7, 11) is 1.38. The standard InChI is InChI=1S/C13H11NO4/c1-17-11-10(13(15)16)7-8-14-12(11)18-9-5-3-2-4-6-9/h2-8H,1H3,(H,15,16). The Morgan fingerprint density at radius 1 is 1.22 bits per heavy atom. The Morgan fingerprint density at radius 3 is 2.56 bits per heavy atom. The van der Waals surface area contributed by atoms with E-state index < -0.39 is 5.97 Å². The fourth-order valence-corrected chi connectivity index (χ4v) is 1.47. The minimum Gasteiger partial charge on any atom is -0.491 e. The number of ether oxygens (including phenoxy) is 2. The lowest BCUT2D eigenvalue weighted by Gasteiger charge is -2.10. The van der Waals surface area contributed by atoms with Crippen LogP contribution in [-0.4, -0.2) is 23.2 Å². The van der Waals surface area contributed by atoms with Gasteiger partial charge < -0.3 is 14.6 Å². The SMILES string of the molecule is COc1c(C(=O)O)ccnc1Oc1ccccc1. The summed E-state index contributed by atoms with van der Waals surface area (Å²) in [5.41, 5.74) is 0.0124. The van der Waals surface area contributed by atoms with E-state index in [1.165, 1.54) is 19.4 Å². The van der Waals surface area contributed by atoms with Gasteiger partial charge >= 0.3 is 5.97 Å². The van der Waals surface area contributed by atoms with Gasteiger partial charge in [0, 0.05) is 6.20 Å². The molecule has 1 N–H and O–H groups in total. The van der Waals surface area contributed by atoms with Crippen molar-refractivity contribution in [2.24, 2.45) is 0 Å². The quantitative estimate of drug-likeness (QED) is 0.896. The number of hydrogen-bond acceptors (Lipinski definition) is 4. The Bertz CT molecular complexity index is 554. The fourth-order valence-electron chi connectivity index (χ4n) is 1.47. The highest BCUT2D eigenvalue weighted by Gasteiger charge is 2.17. The Hall–Kier alpha value is -2.56. The van der Waals surface area contributed by atoms with Crippen LogP contribution in [-0.2, 0) is 0 Å². The molecule has 1 aromatic heterocycles. The molecule has 2 rings (SSSR count). The molecule has 0 aliphatic carbocycles. The minimum atomic E-state index is -1.09. The third kappa shape index (κ3) is 2.40. The Kier molecular flexibility index (Phi) is 3.43. The lowest BCUT2D eigenvalue weighted by atomic mass is 10.2. The van der Waals surface area contributed by atoms with E-state index >= 15 is 0 Å². The first kappa shape index (κ1) is 11.9. The molecule has 0 fully saturated rings. The third-order valence-electron chi connectivity index (χ3n) is 2.26. The van der Waals surface area contributed by atoms with Crippen LogP contribution >= 0.6 is 0 Å². The zero-order valence-electron chi connectivity index (χ0n) is 9.66. The minimum absolute atomic E-state index is 0.0124. The summed E-state index contributed by atoms with van der Waals surface area (Å²) in [6, 6.07) is 10.3. The van der Waals surface area contributed by atoms with Crippen LogP contribution in [0.15, 0.2) is 42.6 Å². The molecule has 0 unspecified atom stereocenters. The summed E-state index contributed by atoms with van der Waals surface area (Å²) in [5.74, 6) is -0.296. The number of carbonyl (C=O) groups is 1. The first-order chi connectivity index (χ1) is 8.72. The van der Waals surface area contributed by atoms with E-state index in [9.17, 15) is 4.79 Å². The number of pyridine rings is 1. The largest absolute Gasteiger partial charge is 0.491 e. The maximum Gasteiger partial charge on any atom is 0.339 e. The van der Waals surface area contributed by atoms with Gasteiger partial charge in [0.1, 0.15) is 11.3 Å². The fraction of sp³-hybridized carbons (Fsp3) is 0.0769. The van der Waals surface area contributed by atoms with E-state index in [0.29, 0.717) is 5.75 Å². The molecule has 5 heteroatoms. The van der Waals surface area contributed by atoms with E-state index in [1.54, 1.807) is 12.1 Å². The van der Waals surface area contributed by atoms with Crippen LogP contribution in [0.1, 0.15) is 10.4 Å². The van der Waals surface area contributed by atoms with E-state index in [4.69, 9.17) is 14.6 Å². The Labute approximate surface area is 104 Å². The molecule has 0 saturated carbocycles. The van der Waals surface area contributed by atoms with Crippen molar-refractivity contribution in [3.8, 4) is 17.4 Å². The summed E-state index contributed by atoms with van der Waals surface area (Å²) in [6.07, 6.45) is 1.37. The van der Waals surface area contributed by atoms with Crippen LogP contribution < -0.4 is 9.47 Å². The molecule has 0 amide bonds. The zero-order chi connectivity index (χ0) is 13.0. The van der Waals surface area contributed by atoms with Crippen molar-refractivity contribution in [2.45, 2.75) is 0 Å². The van der Waals surface area contributed by atoms with Crippen molar-refractivity contribution in [1.82, 2.24) is 4.98 Å². The number of carboxylic acid groups (broad SMARTS) is 1. The normalized spacial score (nSPS) is 9.83. The molecule has 5 nitrogen and oxygen atoms in total. The predicted octanol–water partition coefficient (Wildman–Crippen LogP) is 2.58. The highest BCUT2D eigenvalue weighted by Crippen LogP contribution is 2.31. The summed E-state index contributed by atoms with van der Waals surface area (Å²) in [4.78, 5) is 15.0. The smallest absolute Gasteiger partial charge is 0.339 e. The van der Waals surface area contributed by atoms with Crippen molar-refractivity contribution in [2.75, 3.05) is 7.11 Å². The summed E-state index contributed by atoms with van der Waals surface area (Å²) < 4.78 is 10.5. The van der Waals surface area contributed by atoms with Gasteiger partial charge in [0.2, 0.25) is 0 Å². The number of nitrogens with zero attached hydrogens (tertiary/aromatic N) is 1. The van der Waals surface area contributed by atoms with Gasteiger partial charge in [-0.05, 0) is 18.2 Å². The van der Waals surface area contributed by atoms with Crippen LogP contribution in [0.25, 0.3) is 0 Å². The topological polar surface area (TPSA) is 68.7 Å². The van der Waals surface area contributed by atoms with Gasteiger partial charge in [0.25, 0.3) is 5.88 Å². The lowest BCUT2D eigenvalue weighted by Crippen LogP contribution is -2.03. The molecule has 0 radical (unpaired) electrons. The van der Waals surface area contributed by atoms with Crippen LogP contribution in [0, 0.1) is 0 Å². The second kappa shape index (κ2) is 5.18. The Morgan fingerprint density at radius 2 is 1.94 bits per heavy atom. The molecule has 92 valence electrons. The van der Waals surface area contributed by atoms with E-state index in [1.807, 2.05) is 18.2 Å². The molecule has 18 heavy (non-hydrogen) atoms. The molecule has 0 bridgehead atoms. The zero-order valence-corrected chi connectivity index (χ0v) is 9.66. The van der Waals surface area contributed by atoms with Gasteiger partial charge in [-0.15, -0.1) is 0 Å². The average Bonchev–Trinajstić information content (AvgIpc) is 2.39. The monoisotopic (exact) mass is 245 g/mol. The van der Waals surface area contributed by atoms with Gasteiger partial charge in [-0.25, -0.2) is 9.78 Å². The molecule has 0 aliphatic heterocycles. The number of rotatable bonds is 4. The highest BCUT2D eigenvalue weighted by atomic mass is 16.5. The second-order valence-electron chi connectivity index (χ2n) is 3.42. The maximum atomic E-state index is 11.0. The number of benzene rings is 1. The molecule has 0 atom stereocenters. The van der Waals surface area contributed by atoms with Crippen LogP contribution in [0.2, 0.25) is 0 Å². The summed E-state index contributed by atoms with van der Waals surface area (Å²) >= 11 is 0. The molecule has 1 aromatic carbocycles. The molecular weight excluding hydrogens is 234 g/mol. The number of para-hydroxylation sites is 1. The van der Waals surface area contributed by atoms with Crippen molar-refractivity contribution in [1.29, 1.82) is 0 Å². The first-order valence-corrected chi connectivity index (χ1v) is 5.21. The van der Waals surface area contributed by atoms with Crippen molar-refractivity contribution >= 4 is 5.97 Å². The van der Waals surface area contributed by atoms with Gasteiger partial charge in [0.05, 0.1) is 7.11 Å². The highest BCUT2D eigenvalue weighted by molar-refractivity contribution is 5.91. The predicted molar refractivity (Wildman–Crippen MR) is 64.3 cm³/mol. The number of carboxylic acids is 1. The number of methoxy groups -OCH3 is 1. The second-order valence-corrected chi connectivity index (χ2v) is 3.42.